The molecule has 0 radical (unpaired) electrons. The molecule has 0 bridgehead atoms. The number of rotatable bonds is 4. The molecule has 1 N–H and O–H groups in total. The van der Waals surface area contributed by atoms with Crippen LogP contribution in [0.15, 0.2) is 41.0 Å². The van der Waals surface area contributed by atoms with Crippen molar-refractivity contribution in [1.29, 1.82) is 0 Å². The molecule has 0 atom stereocenters. The van der Waals surface area contributed by atoms with Crippen molar-refractivity contribution in [3.8, 4) is 5.75 Å². The van der Waals surface area contributed by atoms with Crippen LogP contribution in [0.25, 0.3) is 0 Å². The average Bonchev–Trinajstić information content (AvgIpc) is 2.38. The zero-order valence-electron chi connectivity index (χ0n) is 10.4. The molecule has 2 rings (SSSR count). The third-order valence-electron chi connectivity index (χ3n) is 2.45. The van der Waals surface area contributed by atoms with Gasteiger partial charge in [0.2, 0.25) is 0 Å². The molecule has 1 aromatic heterocycles. The minimum Gasteiger partial charge on any atom is -0.405 e. The predicted octanol–water partition coefficient (Wildman–Crippen LogP) is 5.01. The molecule has 1 aromatic carbocycles. The van der Waals surface area contributed by atoms with Crippen molar-refractivity contribution in [2.24, 2.45) is 0 Å². The number of nitrogens with one attached hydrogen (secondary N) is 1. The van der Waals surface area contributed by atoms with Gasteiger partial charge in [-0.05, 0) is 45.8 Å². The zero-order valence-corrected chi connectivity index (χ0v) is 12.8. The molecule has 0 saturated carbocycles. The highest BCUT2D eigenvalue weighted by Gasteiger charge is 2.31. The Morgan fingerprint density at radius 1 is 1.24 bits per heavy atom. The molecule has 1 heterocycles. The standard InChI is InChI=1S/C13H9BrClF3N2O/c14-10-5-8(1-2-11(10)21-13(16,17)18)7-20-9-3-4-19-12(15)6-9/h1-6H,7H2,(H,19,20). The molecular weight excluding hydrogens is 373 g/mol. The number of hydrogen-bond donors (Lipinski definition) is 1. The van der Waals surface area contributed by atoms with Crippen molar-refractivity contribution in [3.63, 3.8) is 0 Å². The lowest BCUT2D eigenvalue weighted by Gasteiger charge is -2.12. The maximum atomic E-state index is 12.2. The summed E-state index contributed by atoms with van der Waals surface area (Å²) in [5, 5.41) is 3.44. The quantitative estimate of drug-likeness (QED) is 0.756. The van der Waals surface area contributed by atoms with Gasteiger partial charge in [-0.3, -0.25) is 0 Å². The fourth-order valence-electron chi connectivity index (χ4n) is 1.58. The van der Waals surface area contributed by atoms with Gasteiger partial charge in [0, 0.05) is 18.4 Å². The highest BCUT2D eigenvalue weighted by Crippen LogP contribution is 2.31. The van der Waals surface area contributed by atoms with Gasteiger partial charge in [0.25, 0.3) is 0 Å². The van der Waals surface area contributed by atoms with Gasteiger partial charge < -0.3 is 10.1 Å². The van der Waals surface area contributed by atoms with E-state index >= 15 is 0 Å². The van der Waals surface area contributed by atoms with E-state index in [4.69, 9.17) is 11.6 Å². The second-order valence-corrected chi connectivity index (χ2v) is 5.27. The molecule has 112 valence electrons. The molecule has 3 nitrogen and oxygen atoms in total. The molecule has 0 saturated heterocycles. The Bertz CT molecular complexity index is 637. The van der Waals surface area contributed by atoms with Crippen molar-refractivity contribution >= 4 is 33.2 Å². The Kier molecular flexibility index (Phi) is 4.95. The molecule has 0 fully saturated rings. The van der Waals surface area contributed by atoms with Crippen LogP contribution < -0.4 is 10.1 Å². The Morgan fingerprint density at radius 3 is 2.62 bits per heavy atom. The van der Waals surface area contributed by atoms with E-state index in [0.717, 1.165) is 11.3 Å². The van der Waals surface area contributed by atoms with Crippen LogP contribution in [0.1, 0.15) is 5.56 Å². The van der Waals surface area contributed by atoms with E-state index < -0.39 is 6.36 Å². The number of pyridine rings is 1. The molecule has 0 unspecified atom stereocenters. The number of halogens is 5. The SMILES string of the molecule is FC(F)(F)Oc1ccc(CNc2ccnc(Cl)c2)cc1Br. The number of benzene rings is 1. The number of nitrogens with zero attached hydrogens (tertiary/aromatic N) is 1. The number of aromatic nitrogens is 1. The van der Waals surface area contributed by atoms with Crippen LogP contribution in [-0.2, 0) is 6.54 Å². The molecule has 8 heteroatoms. The van der Waals surface area contributed by atoms with Crippen LogP contribution in [0.2, 0.25) is 5.15 Å². The number of alkyl halides is 3. The van der Waals surface area contributed by atoms with Gasteiger partial charge in [-0.2, -0.15) is 0 Å². The molecule has 0 aliphatic heterocycles. The minimum atomic E-state index is -4.71. The van der Waals surface area contributed by atoms with Crippen LogP contribution in [0, 0.1) is 0 Å². The van der Waals surface area contributed by atoms with E-state index in [0.29, 0.717) is 11.7 Å². The average molecular weight is 382 g/mol. The highest BCUT2D eigenvalue weighted by molar-refractivity contribution is 9.10. The summed E-state index contributed by atoms with van der Waals surface area (Å²) >= 11 is 8.81. The second kappa shape index (κ2) is 6.53. The minimum absolute atomic E-state index is 0.229. The van der Waals surface area contributed by atoms with Gasteiger partial charge in [0.15, 0.2) is 0 Å². The topological polar surface area (TPSA) is 34.1 Å². The van der Waals surface area contributed by atoms with E-state index in [-0.39, 0.29) is 10.2 Å². The van der Waals surface area contributed by atoms with E-state index in [9.17, 15) is 13.2 Å². The fraction of sp³-hybridized carbons (Fsp3) is 0.154. The lowest BCUT2D eigenvalue weighted by Crippen LogP contribution is -2.17. The lowest BCUT2D eigenvalue weighted by atomic mass is 10.2. The Labute approximate surface area is 132 Å². The van der Waals surface area contributed by atoms with Crippen LogP contribution in [-0.4, -0.2) is 11.3 Å². The van der Waals surface area contributed by atoms with Crippen molar-refractivity contribution in [3.05, 3.63) is 51.7 Å². The van der Waals surface area contributed by atoms with Gasteiger partial charge in [-0.15, -0.1) is 13.2 Å². The summed E-state index contributed by atoms with van der Waals surface area (Å²) in [6.07, 6.45) is -3.16. The van der Waals surface area contributed by atoms with Crippen molar-refractivity contribution in [2.75, 3.05) is 5.32 Å². The smallest absolute Gasteiger partial charge is 0.405 e. The first-order valence-electron chi connectivity index (χ1n) is 5.73. The molecule has 0 amide bonds. The lowest BCUT2D eigenvalue weighted by molar-refractivity contribution is -0.274. The molecule has 21 heavy (non-hydrogen) atoms. The Hall–Kier alpha value is -1.47. The van der Waals surface area contributed by atoms with Crippen molar-refractivity contribution in [2.45, 2.75) is 12.9 Å². The summed E-state index contributed by atoms with van der Waals surface area (Å²) in [5.74, 6) is -0.279. The van der Waals surface area contributed by atoms with E-state index in [2.05, 4.69) is 31.0 Å². The largest absolute Gasteiger partial charge is 0.573 e. The van der Waals surface area contributed by atoms with E-state index in [1.165, 1.54) is 6.07 Å². The predicted molar refractivity (Wildman–Crippen MR) is 77.4 cm³/mol. The second-order valence-electron chi connectivity index (χ2n) is 4.03. The van der Waals surface area contributed by atoms with Crippen LogP contribution in [0.5, 0.6) is 5.75 Å². The monoisotopic (exact) mass is 380 g/mol. The first-order chi connectivity index (χ1) is 9.83. The molecule has 0 spiro atoms. The van der Waals surface area contributed by atoms with E-state index in [1.54, 1.807) is 30.5 Å². The summed E-state index contributed by atoms with van der Waals surface area (Å²) in [7, 11) is 0. The summed E-state index contributed by atoms with van der Waals surface area (Å²) < 4.78 is 40.6. The summed E-state index contributed by atoms with van der Waals surface area (Å²) in [5.41, 5.74) is 1.55. The first kappa shape index (κ1) is 15.9. The van der Waals surface area contributed by atoms with Crippen LogP contribution in [0.4, 0.5) is 18.9 Å². The normalized spacial score (nSPS) is 11.3. The van der Waals surface area contributed by atoms with Crippen LogP contribution in [0.3, 0.4) is 0 Å². The summed E-state index contributed by atoms with van der Waals surface area (Å²) in [6.45, 7) is 0.422. The third-order valence-corrected chi connectivity index (χ3v) is 3.27. The Balaban J connectivity index is 2.03. The Morgan fingerprint density at radius 2 is 2.00 bits per heavy atom. The number of ether oxygens (including phenoxy) is 1. The maximum absolute atomic E-state index is 12.2. The van der Waals surface area contributed by atoms with Gasteiger partial charge in [-0.25, -0.2) is 4.98 Å². The molecular formula is C13H9BrClF3N2O. The third kappa shape index (κ3) is 5.09. The molecule has 0 aliphatic rings. The summed E-state index contributed by atoms with van der Waals surface area (Å²) in [6, 6.07) is 7.74. The number of hydrogen-bond acceptors (Lipinski definition) is 3. The molecule has 2 aromatic rings. The van der Waals surface area contributed by atoms with Crippen molar-refractivity contribution < 1.29 is 17.9 Å². The van der Waals surface area contributed by atoms with Gasteiger partial charge in [0.1, 0.15) is 10.9 Å². The zero-order chi connectivity index (χ0) is 15.5. The maximum Gasteiger partial charge on any atom is 0.573 e. The molecule has 0 aliphatic carbocycles. The van der Waals surface area contributed by atoms with Gasteiger partial charge >= 0.3 is 6.36 Å². The van der Waals surface area contributed by atoms with E-state index in [1.807, 2.05) is 0 Å². The fourth-order valence-corrected chi connectivity index (χ4v) is 2.26. The number of anilines is 1. The van der Waals surface area contributed by atoms with Crippen molar-refractivity contribution in [1.82, 2.24) is 4.98 Å². The van der Waals surface area contributed by atoms with Crippen LogP contribution >= 0.6 is 27.5 Å². The van der Waals surface area contributed by atoms with Gasteiger partial charge in [0.05, 0.1) is 4.47 Å². The highest BCUT2D eigenvalue weighted by atomic mass is 79.9. The first-order valence-corrected chi connectivity index (χ1v) is 6.90. The van der Waals surface area contributed by atoms with Gasteiger partial charge in [-0.1, -0.05) is 17.7 Å². The summed E-state index contributed by atoms with van der Waals surface area (Å²) in [4.78, 5) is 3.85.